The summed E-state index contributed by atoms with van der Waals surface area (Å²) in [6.45, 7) is 0.794. The van der Waals surface area contributed by atoms with E-state index >= 15 is 0 Å². The summed E-state index contributed by atoms with van der Waals surface area (Å²) in [6, 6.07) is 12.2. The third-order valence-corrected chi connectivity index (χ3v) is 5.33. The van der Waals surface area contributed by atoms with Crippen molar-refractivity contribution < 1.29 is 4.79 Å². The zero-order valence-corrected chi connectivity index (χ0v) is 15.9. The SMILES string of the molecule is O=C(NC1CCc2nnc(Cc3ccccc3)n2CC1)c1cn2cccnc2n1. The summed E-state index contributed by atoms with van der Waals surface area (Å²) in [5.74, 6) is 2.33. The van der Waals surface area contributed by atoms with Gasteiger partial charge in [0.25, 0.3) is 5.91 Å². The van der Waals surface area contributed by atoms with Crippen LogP contribution in [-0.4, -0.2) is 41.1 Å². The van der Waals surface area contributed by atoms with Gasteiger partial charge in [0.15, 0.2) is 0 Å². The van der Waals surface area contributed by atoms with Crippen LogP contribution in [-0.2, 0) is 19.4 Å². The van der Waals surface area contributed by atoms with Crippen LogP contribution in [0.3, 0.4) is 0 Å². The minimum absolute atomic E-state index is 0.0755. The summed E-state index contributed by atoms with van der Waals surface area (Å²) in [5, 5.41) is 11.9. The van der Waals surface area contributed by atoms with E-state index in [9.17, 15) is 4.79 Å². The predicted octanol–water partition coefficient (Wildman–Crippen LogP) is 2.05. The van der Waals surface area contributed by atoms with Gasteiger partial charge in [0.2, 0.25) is 5.78 Å². The largest absolute Gasteiger partial charge is 0.348 e. The molecule has 1 amide bonds. The number of amides is 1. The Morgan fingerprint density at radius 2 is 2.03 bits per heavy atom. The molecule has 0 bridgehead atoms. The first-order valence-electron chi connectivity index (χ1n) is 9.82. The molecule has 4 heterocycles. The summed E-state index contributed by atoms with van der Waals surface area (Å²) < 4.78 is 3.95. The topological polar surface area (TPSA) is 90.0 Å². The lowest BCUT2D eigenvalue weighted by Crippen LogP contribution is -2.35. The lowest BCUT2D eigenvalue weighted by molar-refractivity contribution is 0.0928. The summed E-state index contributed by atoms with van der Waals surface area (Å²) in [4.78, 5) is 21.1. The standard InChI is InChI=1S/C21H21N7O/c29-20(17-14-27-11-4-10-22-21(27)24-17)23-16-7-8-18-25-26-19(28(18)12-9-16)13-15-5-2-1-3-6-15/h1-6,10-11,14,16H,7-9,12-13H2,(H,23,29). The Balaban J connectivity index is 1.26. The van der Waals surface area contributed by atoms with Gasteiger partial charge in [-0.15, -0.1) is 10.2 Å². The third kappa shape index (κ3) is 3.61. The van der Waals surface area contributed by atoms with Gasteiger partial charge in [0.1, 0.15) is 17.3 Å². The molecule has 146 valence electrons. The maximum atomic E-state index is 12.7. The number of fused-ring (bicyclic) bond motifs is 2. The van der Waals surface area contributed by atoms with E-state index in [1.54, 1.807) is 16.8 Å². The van der Waals surface area contributed by atoms with Crippen LogP contribution < -0.4 is 5.32 Å². The van der Waals surface area contributed by atoms with E-state index in [0.717, 1.165) is 43.9 Å². The molecule has 29 heavy (non-hydrogen) atoms. The highest BCUT2D eigenvalue weighted by Crippen LogP contribution is 2.18. The lowest BCUT2D eigenvalue weighted by Gasteiger charge is -2.15. The number of rotatable bonds is 4. The molecule has 1 aromatic carbocycles. The number of benzene rings is 1. The van der Waals surface area contributed by atoms with Crippen molar-refractivity contribution in [1.29, 1.82) is 0 Å². The average molecular weight is 387 g/mol. The van der Waals surface area contributed by atoms with E-state index in [0.29, 0.717) is 11.5 Å². The highest BCUT2D eigenvalue weighted by Gasteiger charge is 2.23. The normalized spacial score (nSPS) is 16.3. The monoisotopic (exact) mass is 387 g/mol. The third-order valence-electron chi connectivity index (χ3n) is 5.33. The Hall–Kier alpha value is -3.55. The molecule has 0 spiro atoms. The Bertz CT molecular complexity index is 1120. The summed E-state index contributed by atoms with van der Waals surface area (Å²) in [7, 11) is 0. The Kier molecular flexibility index (Phi) is 4.51. The number of carbonyl (C=O) groups is 1. The zero-order valence-electron chi connectivity index (χ0n) is 15.9. The molecule has 0 aliphatic carbocycles. The second-order valence-corrected chi connectivity index (χ2v) is 7.30. The van der Waals surface area contributed by atoms with E-state index < -0.39 is 0 Å². The van der Waals surface area contributed by atoms with Crippen molar-refractivity contribution in [3.63, 3.8) is 0 Å². The first kappa shape index (κ1) is 17.5. The first-order chi connectivity index (χ1) is 14.3. The van der Waals surface area contributed by atoms with Crippen molar-refractivity contribution >= 4 is 11.7 Å². The highest BCUT2D eigenvalue weighted by atomic mass is 16.2. The van der Waals surface area contributed by atoms with Crippen molar-refractivity contribution in [2.24, 2.45) is 0 Å². The van der Waals surface area contributed by atoms with E-state index in [-0.39, 0.29) is 11.9 Å². The van der Waals surface area contributed by atoms with Gasteiger partial charge in [-0.1, -0.05) is 30.3 Å². The Morgan fingerprint density at radius 1 is 1.14 bits per heavy atom. The quantitative estimate of drug-likeness (QED) is 0.579. The van der Waals surface area contributed by atoms with E-state index in [1.165, 1.54) is 5.56 Å². The molecule has 1 N–H and O–H groups in total. The average Bonchev–Trinajstić information content (AvgIpc) is 3.29. The lowest BCUT2D eigenvalue weighted by atomic mass is 10.1. The fraction of sp³-hybridized carbons (Fsp3) is 0.286. The molecule has 1 atom stereocenters. The maximum absolute atomic E-state index is 12.7. The molecule has 0 fully saturated rings. The smallest absolute Gasteiger partial charge is 0.271 e. The maximum Gasteiger partial charge on any atom is 0.271 e. The van der Waals surface area contributed by atoms with Gasteiger partial charge in [0.05, 0.1) is 0 Å². The van der Waals surface area contributed by atoms with Gasteiger partial charge < -0.3 is 9.88 Å². The van der Waals surface area contributed by atoms with Crippen LogP contribution in [0.1, 0.15) is 40.5 Å². The van der Waals surface area contributed by atoms with E-state index in [2.05, 4.69) is 42.2 Å². The molecule has 5 rings (SSSR count). The number of aryl methyl sites for hydroxylation is 1. The van der Waals surface area contributed by atoms with Crippen molar-refractivity contribution in [1.82, 2.24) is 34.4 Å². The van der Waals surface area contributed by atoms with Crippen LogP contribution in [0.15, 0.2) is 55.0 Å². The predicted molar refractivity (Wildman–Crippen MR) is 106 cm³/mol. The molecule has 1 aliphatic rings. The van der Waals surface area contributed by atoms with Crippen molar-refractivity contribution in [2.45, 2.75) is 38.3 Å². The van der Waals surface area contributed by atoms with Crippen LogP contribution >= 0.6 is 0 Å². The molecular formula is C21H21N7O. The fourth-order valence-corrected chi connectivity index (χ4v) is 3.80. The second kappa shape index (κ2) is 7.46. The number of aromatic nitrogens is 6. The van der Waals surface area contributed by atoms with Gasteiger partial charge in [-0.05, 0) is 24.5 Å². The van der Waals surface area contributed by atoms with Crippen molar-refractivity contribution in [2.75, 3.05) is 0 Å². The number of nitrogens with zero attached hydrogens (tertiary/aromatic N) is 6. The van der Waals surface area contributed by atoms with Gasteiger partial charge in [-0.2, -0.15) is 0 Å². The number of imidazole rings is 1. The molecule has 0 saturated carbocycles. The molecule has 8 heteroatoms. The molecule has 4 aromatic rings. The summed E-state index contributed by atoms with van der Waals surface area (Å²) in [5.41, 5.74) is 1.61. The van der Waals surface area contributed by atoms with E-state index in [4.69, 9.17) is 0 Å². The van der Waals surface area contributed by atoms with Gasteiger partial charge in [-0.3, -0.25) is 9.20 Å². The van der Waals surface area contributed by atoms with Gasteiger partial charge in [0, 0.05) is 44.0 Å². The molecule has 1 aliphatic heterocycles. The van der Waals surface area contributed by atoms with Gasteiger partial charge in [-0.25, -0.2) is 9.97 Å². The number of hydrogen-bond donors (Lipinski definition) is 1. The van der Waals surface area contributed by atoms with E-state index in [1.807, 2.05) is 30.5 Å². The van der Waals surface area contributed by atoms with Crippen LogP contribution in [0.25, 0.3) is 5.78 Å². The highest BCUT2D eigenvalue weighted by molar-refractivity contribution is 5.92. The first-order valence-corrected chi connectivity index (χ1v) is 9.82. The molecule has 1 unspecified atom stereocenters. The minimum Gasteiger partial charge on any atom is -0.348 e. The van der Waals surface area contributed by atoms with Gasteiger partial charge >= 0.3 is 0 Å². The molecule has 8 nitrogen and oxygen atoms in total. The zero-order chi connectivity index (χ0) is 19.6. The Labute approximate surface area is 167 Å². The van der Waals surface area contributed by atoms with Crippen LogP contribution in [0.2, 0.25) is 0 Å². The second-order valence-electron chi connectivity index (χ2n) is 7.30. The Morgan fingerprint density at radius 3 is 2.90 bits per heavy atom. The van der Waals surface area contributed by atoms with Crippen LogP contribution in [0.5, 0.6) is 0 Å². The van der Waals surface area contributed by atoms with Crippen LogP contribution in [0, 0.1) is 0 Å². The number of nitrogens with one attached hydrogen (secondary N) is 1. The number of hydrogen-bond acceptors (Lipinski definition) is 5. The molecule has 0 saturated heterocycles. The van der Waals surface area contributed by atoms with Crippen LogP contribution in [0.4, 0.5) is 0 Å². The minimum atomic E-state index is -0.164. The molecule has 3 aromatic heterocycles. The summed E-state index contributed by atoms with van der Waals surface area (Å²) >= 11 is 0. The summed E-state index contributed by atoms with van der Waals surface area (Å²) in [6.07, 6.45) is 8.43. The molecular weight excluding hydrogens is 366 g/mol. The fourth-order valence-electron chi connectivity index (χ4n) is 3.80. The molecule has 0 radical (unpaired) electrons. The van der Waals surface area contributed by atoms with Crippen molar-refractivity contribution in [3.05, 3.63) is 77.9 Å². The van der Waals surface area contributed by atoms with Crippen molar-refractivity contribution in [3.8, 4) is 0 Å². The number of carbonyl (C=O) groups excluding carboxylic acids is 1.